The lowest BCUT2D eigenvalue weighted by Crippen LogP contribution is -2.00. The molecule has 0 saturated heterocycles. The van der Waals surface area contributed by atoms with E-state index in [1.807, 2.05) is 0 Å². The molecule has 0 heterocycles. The minimum atomic E-state index is -1.06. The zero-order valence-electron chi connectivity index (χ0n) is 7.42. The predicted molar refractivity (Wildman–Crippen MR) is 47.6 cm³/mol. The zero-order valence-corrected chi connectivity index (χ0v) is 8.31. The van der Waals surface area contributed by atoms with Crippen molar-refractivity contribution in [3.05, 3.63) is 0 Å². The second-order valence-electron chi connectivity index (χ2n) is 2.61. The molecule has 0 aliphatic rings. The molecule has 11 heavy (non-hydrogen) atoms. The number of hydrogen-bond acceptors (Lipinski definition) is 2. The Balaban J connectivity index is 0. The van der Waals surface area contributed by atoms with Gasteiger partial charge in [0, 0.05) is 0 Å². The average molecular weight is 178 g/mol. The highest BCUT2D eigenvalue weighted by molar-refractivity contribution is 7.55. The third kappa shape index (κ3) is 43.0. The molecule has 0 aliphatic heterocycles. The van der Waals surface area contributed by atoms with E-state index in [2.05, 4.69) is 20.0 Å². The molecule has 1 N–H and O–H groups in total. The van der Waals surface area contributed by atoms with Gasteiger partial charge in [-0.2, -0.15) is 0 Å². The van der Waals surface area contributed by atoms with Gasteiger partial charge in [0.1, 0.15) is 12.2 Å². The first-order valence-corrected chi connectivity index (χ1v) is 5.86. The van der Waals surface area contributed by atoms with E-state index in [-0.39, 0.29) is 12.2 Å². The van der Waals surface area contributed by atoms with E-state index in [0.717, 1.165) is 0 Å². The lowest BCUT2D eigenvalue weighted by Gasteiger charge is -1.81. The normalized spacial score (nSPS) is 8.45. The van der Waals surface area contributed by atoms with Crippen molar-refractivity contribution in [2.45, 2.75) is 13.3 Å². The zero-order chi connectivity index (χ0) is 9.44. The van der Waals surface area contributed by atoms with E-state index >= 15 is 0 Å². The van der Waals surface area contributed by atoms with Crippen LogP contribution in [0.1, 0.15) is 13.3 Å². The van der Waals surface area contributed by atoms with Crippen LogP contribution in [0.5, 0.6) is 0 Å². The van der Waals surface area contributed by atoms with Crippen LogP contribution in [0.2, 0.25) is 0 Å². The summed E-state index contributed by atoms with van der Waals surface area (Å²) in [5.41, 5.74) is 0. The quantitative estimate of drug-likeness (QED) is 0.513. The molecule has 0 unspecified atom stereocenters. The van der Waals surface area contributed by atoms with Crippen molar-refractivity contribution in [3.63, 3.8) is 0 Å². The number of carbonyl (C=O) groups excluding carboxylic acids is 1. The van der Waals surface area contributed by atoms with Crippen molar-refractivity contribution in [1.29, 1.82) is 0 Å². The van der Waals surface area contributed by atoms with Gasteiger partial charge in [0.05, 0.1) is 0 Å². The van der Waals surface area contributed by atoms with Crippen LogP contribution < -0.4 is 0 Å². The molecule has 0 fully saturated rings. The summed E-state index contributed by atoms with van der Waals surface area (Å²) < 4.78 is 0. The number of Topliss-reactive ketones (excluding diaryl/α,β-unsaturated/α-hetero) is 1. The second-order valence-corrected chi connectivity index (χ2v) is 5.30. The molecule has 0 aliphatic carbocycles. The third-order valence-corrected chi connectivity index (χ3v) is 0.400. The van der Waals surface area contributed by atoms with Gasteiger partial charge in [-0.05, 0) is 26.9 Å². The van der Waals surface area contributed by atoms with Crippen molar-refractivity contribution >= 4 is 19.7 Å². The Kier molecular flexibility index (Phi) is 9.20. The van der Waals surface area contributed by atoms with Gasteiger partial charge in [0.15, 0.2) is 0 Å². The highest BCUT2D eigenvalue weighted by atomic mass is 31.1. The SMILES string of the molecule is CC(=O)CC(=O)O.CP(C)C. The number of carboxylic acid groups (broad SMARTS) is 1. The largest absolute Gasteiger partial charge is 0.481 e. The molecule has 0 atom stereocenters. The van der Waals surface area contributed by atoms with Gasteiger partial charge in [-0.3, -0.25) is 9.59 Å². The van der Waals surface area contributed by atoms with E-state index in [4.69, 9.17) is 5.11 Å². The molecular formula is C7H15O3P. The minimum absolute atomic E-state index is 0.312. The topological polar surface area (TPSA) is 54.4 Å². The Hall–Kier alpha value is -0.430. The van der Waals surface area contributed by atoms with Crippen LogP contribution in [-0.2, 0) is 9.59 Å². The van der Waals surface area contributed by atoms with Crippen molar-refractivity contribution in [3.8, 4) is 0 Å². The molecule has 0 bridgehead atoms. The molecule has 0 radical (unpaired) electrons. The number of carboxylic acids is 1. The van der Waals surface area contributed by atoms with Gasteiger partial charge in [0.25, 0.3) is 0 Å². The summed E-state index contributed by atoms with van der Waals surface area (Å²) >= 11 is 0. The van der Waals surface area contributed by atoms with Gasteiger partial charge in [0.2, 0.25) is 0 Å². The molecule has 0 saturated carbocycles. The monoisotopic (exact) mass is 178 g/mol. The molecule has 0 spiro atoms. The molecule has 0 aromatic heterocycles. The number of carbonyl (C=O) groups is 2. The predicted octanol–water partition coefficient (Wildman–Crippen LogP) is 1.41. The molecule has 4 heteroatoms. The smallest absolute Gasteiger partial charge is 0.310 e. The van der Waals surface area contributed by atoms with Gasteiger partial charge in [-0.15, -0.1) is 7.92 Å². The fourth-order valence-corrected chi connectivity index (χ4v) is 0.213. The molecule has 3 nitrogen and oxygen atoms in total. The summed E-state index contributed by atoms with van der Waals surface area (Å²) in [5.74, 6) is -1.37. The fraction of sp³-hybridized carbons (Fsp3) is 0.714. The van der Waals surface area contributed by atoms with Crippen molar-refractivity contribution in [1.82, 2.24) is 0 Å². The van der Waals surface area contributed by atoms with E-state index in [1.165, 1.54) is 6.92 Å². The summed E-state index contributed by atoms with van der Waals surface area (Å²) in [6, 6.07) is 0. The van der Waals surface area contributed by atoms with E-state index < -0.39 is 5.97 Å². The first kappa shape index (κ1) is 13.2. The van der Waals surface area contributed by atoms with Crippen LogP contribution >= 0.6 is 7.92 Å². The number of aliphatic carboxylic acids is 1. The Morgan fingerprint density at radius 2 is 1.55 bits per heavy atom. The van der Waals surface area contributed by atoms with E-state index in [0.29, 0.717) is 7.92 Å². The van der Waals surface area contributed by atoms with Gasteiger partial charge < -0.3 is 5.11 Å². The van der Waals surface area contributed by atoms with Crippen LogP contribution in [0, 0.1) is 0 Å². The maximum absolute atomic E-state index is 9.87. The minimum Gasteiger partial charge on any atom is -0.481 e. The fourth-order valence-electron chi connectivity index (χ4n) is 0.213. The number of hydrogen-bond donors (Lipinski definition) is 1. The molecule has 0 aromatic carbocycles. The van der Waals surface area contributed by atoms with Crippen LogP contribution in [0.15, 0.2) is 0 Å². The number of ketones is 1. The Morgan fingerprint density at radius 1 is 1.27 bits per heavy atom. The summed E-state index contributed by atoms with van der Waals surface area (Å²) in [6.07, 6.45) is -0.361. The molecule has 0 rings (SSSR count). The summed E-state index contributed by atoms with van der Waals surface area (Å²) in [7, 11) is 0.380. The van der Waals surface area contributed by atoms with Gasteiger partial charge >= 0.3 is 5.97 Å². The summed E-state index contributed by atoms with van der Waals surface area (Å²) in [6.45, 7) is 7.94. The molecule has 66 valence electrons. The second kappa shape index (κ2) is 7.67. The molecule has 0 aromatic rings. The van der Waals surface area contributed by atoms with Crippen molar-refractivity contribution in [2.75, 3.05) is 20.0 Å². The Morgan fingerprint density at radius 3 is 1.55 bits per heavy atom. The van der Waals surface area contributed by atoms with Crippen LogP contribution in [0.25, 0.3) is 0 Å². The van der Waals surface area contributed by atoms with E-state index in [1.54, 1.807) is 0 Å². The van der Waals surface area contributed by atoms with Gasteiger partial charge in [-0.1, -0.05) is 0 Å². The third-order valence-electron chi connectivity index (χ3n) is 0.400. The Labute approximate surface area is 68.6 Å². The first-order valence-electron chi connectivity index (χ1n) is 3.18. The standard InChI is InChI=1S/C4H6O3.C3H9P/c1-3(5)2-4(6)7;1-4(2)3/h2H2,1H3,(H,6,7);1-3H3. The van der Waals surface area contributed by atoms with Crippen molar-refractivity contribution in [2.24, 2.45) is 0 Å². The highest BCUT2D eigenvalue weighted by Crippen LogP contribution is 2.14. The summed E-state index contributed by atoms with van der Waals surface area (Å²) in [4.78, 5) is 19.5. The van der Waals surface area contributed by atoms with Crippen LogP contribution in [0.4, 0.5) is 0 Å². The van der Waals surface area contributed by atoms with Crippen LogP contribution in [-0.4, -0.2) is 36.9 Å². The molecule has 0 amide bonds. The first-order chi connectivity index (χ1) is 4.86. The maximum atomic E-state index is 9.87. The van der Waals surface area contributed by atoms with E-state index in [9.17, 15) is 9.59 Å². The maximum Gasteiger partial charge on any atom is 0.310 e. The molecular weight excluding hydrogens is 163 g/mol. The highest BCUT2D eigenvalue weighted by Gasteiger charge is 1.98. The average Bonchev–Trinajstić information content (AvgIpc) is 1.56. The Bertz CT molecular complexity index is 117. The van der Waals surface area contributed by atoms with Crippen molar-refractivity contribution < 1.29 is 14.7 Å². The summed E-state index contributed by atoms with van der Waals surface area (Å²) in [5, 5.41) is 7.86. The van der Waals surface area contributed by atoms with Crippen LogP contribution in [0.3, 0.4) is 0 Å². The van der Waals surface area contributed by atoms with Gasteiger partial charge in [-0.25, -0.2) is 0 Å². The number of rotatable bonds is 2. The lowest BCUT2D eigenvalue weighted by molar-refractivity contribution is -0.139. The lowest BCUT2D eigenvalue weighted by atomic mass is 10.3.